The molecule has 3 nitrogen and oxygen atoms in total. The van der Waals surface area contributed by atoms with Crippen molar-refractivity contribution in [2.24, 2.45) is 0 Å². The second kappa shape index (κ2) is 5.71. The Labute approximate surface area is 103 Å². The predicted molar refractivity (Wildman–Crippen MR) is 70.9 cm³/mol. The molecule has 0 atom stereocenters. The fourth-order valence-corrected chi connectivity index (χ4v) is 1.96. The minimum atomic E-state index is -0.859. The molecule has 3 heteroatoms. The number of anilines is 1. The quantitative estimate of drug-likeness (QED) is 0.851. The molecular weight excluding hydrogens is 214 g/mol. The summed E-state index contributed by atoms with van der Waals surface area (Å²) in [6.07, 6.45) is 1.01. The Kier molecular flexibility index (Phi) is 4.55. The number of rotatable bonds is 5. The molecule has 0 saturated heterocycles. The molecular formula is C14H21NO2. The number of carboxylic acid groups (broad SMARTS) is 1. The Balaban J connectivity index is 3.24. The van der Waals surface area contributed by atoms with Gasteiger partial charge in [-0.05, 0) is 44.9 Å². The summed E-state index contributed by atoms with van der Waals surface area (Å²) in [5.41, 5.74) is 2.30. The highest BCUT2D eigenvalue weighted by Crippen LogP contribution is 2.24. The maximum Gasteiger partial charge on any atom is 0.337 e. The molecule has 1 aromatic rings. The van der Waals surface area contributed by atoms with Gasteiger partial charge in [0, 0.05) is 12.6 Å². The molecule has 17 heavy (non-hydrogen) atoms. The molecule has 0 aliphatic rings. The number of benzene rings is 1. The van der Waals surface area contributed by atoms with Gasteiger partial charge in [-0.1, -0.05) is 13.0 Å². The number of nitrogens with zero attached hydrogens (tertiary/aromatic N) is 1. The van der Waals surface area contributed by atoms with Crippen LogP contribution in [0.2, 0.25) is 0 Å². The van der Waals surface area contributed by atoms with Crippen molar-refractivity contribution in [1.82, 2.24) is 0 Å². The van der Waals surface area contributed by atoms with E-state index < -0.39 is 5.97 Å². The first kappa shape index (κ1) is 13.6. The van der Waals surface area contributed by atoms with Gasteiger partial charge in [-0.25, -0.2) is 4.79 Å². The molecule has 0 aromatic heterocycles. The smallest absolute Gasteiger partial charge is 0.337 e. The number of carbonyl (C=O) groups is 1. The summed E-state index contributed by atoms with van der Waals surface area (Å²) >= 11 is 0. The molecule has 1 rings (SSSR count). The molecule has 0 radical (unpaired) electrons. The van der Waals surface area contributed by atoms with Crippen LogP contribution in [0.15, 0.2) is 18.2 Å². The fourth-order valence-electron chi connectivity index (χ4n) is 1.96. The lowest BCUT2D eigenvalue weighted by molar-refractivity contribution is 0.0697. The van der Waals surface area contributed by atoms with Crippen LogP contribution in [0.1, 0.15) is 43.1 Å². The Bertz CT molecular complexity index is 399. The van der Waals surface area contributed by atoms with Gasteiger partial charge in [-0.15, -0.1) is 0 Å². The highest BCUT2D eigenvalue weighted by molar-refractivity contribution is 5.94. The van der Waals surface area contributed by atoms with Gasteiger partial charge in [0.25, 0.3) is 0 Å². The number of aromatic carboxylic acids is 1. The number of hydrogen-bond donors (Lipinski definition) is 1. The molecule has 0 unspecified atom stereocenters. The summed E-state index contributed by atoms with van der Waals surface area (Å²) < 4.78 is 0. The average molecular weight is 235 g/mol. The Morgan fingerprint density at radius 1 is 1.41 bits per heavy atom. The van der Waals surface area contributed by atoms with E-state index in [2.05, 4.69) is 25.7 Å². The van der Waals surface area contributed by atoms with E-state index in [-0.39, 0.29) is 0 Å². The van der Waals surface area contributed by atoms with Crippen LogP contribution in [0.5, 0.6) is 0 Å². The van der Waals surface area contributed by atoms with Crippen molar-refractivity contribution < 1.29 is 9.90 Å². The van der Waals surface area contributed by atoms with E-state index in [1.54, 1.807) is 6.07 Å². The molecule has 0 fully saturated rings. The minimum absolute atomic E-state index is 0.301. The topological polar surface area (TPSA) is 40.5 Å². The number of hydrogen-bond acceptors (Lipinski definition) is 2. The zero-order valence-electron chi connectivity index (χ0n) is 11.0. The van der Waals surface area contributed by atoms with Gasteiger partial charge in [0.05, 0.1) is 11.3 Å². The molecule has 0 aliphatic carbocycles. The minimum Gasteiger partial charge on any atom is -0.478 e. The summed E-state index contributed by atoms with van der Waals surface area (Å²) in [6, 6.07) is 5.80. The van der Waals surface area contributed by atoms with Crippen LogP contribution < -0.4 is 4.90 Å². The highest BCUT2D eigenvalue weighted by Gasteiger charge is 2.17. The molecule has 0 bridgehead atoms. The van der Waals surface area contributed by atoms with E-state index in [0.717, 1.165) is 24.2 Å². The third-order valence-electron chi connectivity index (χ3n) is 2.78. The van der Waals surface area contributed by atoms with Gasteiger partial charge >= 0.3 is 5.97 Å². The monoisotopic (exact) mass is 235 g/mol. The SMILES string of the molecule is CCCN(c1cc(C)ccc1C(=O)O)C(C)C. The van der Waals surface area contributed by atoms with E-state index in [0.29, 0.717) is 11.6 Å². The summed E-state index contributed by atoms with van der Waals surface area (Å²) in [7, 11) is 0. The first-order valence-electron chi connectivity index (χ1n) is 6.08. The largest absolute Gasteiger partial charge is 0.478 e. The van der Waals surface area contributed by atoms with Gasteiger partial charge in [-0.2, -0.15) is 0 Å². The van der Waals surface area contributed by atoms with Crippen molar-refractivity contribution in [3.63, 3.8) is 0 Å². The fraction of sp³-hybridized carbons (Fsp3) is 0.500. The van der Waals surface area contributed by atoms with E-state index >= 15 is 0 Å². The van der Waals surface area contributed by atoms with Crippen molar-refractivity contribution in [2.75, 3.05) is 11.4 Å². The van der Waals surface area contributed by atoms with E-state index in [1.807, 2.05) is 19.1 Å². The van der Waals surface area contributed by atoms with Crippen LogP contribution in [0.25, 0.3) is 0 Å². The first-order valence-corrected chi connectivity index (χ1v) is 6.08. The van der Waals surface area contributed by atoms with Crippen LogP contribution in [0.4, 0.5) is 5.69 Å². The summed E-state index contributed by atoms with van der Waals surface area (Å²) in [6.45, 7) is 9.14. The summed E-state index contributed by atoms with van der Waals surface area (Å²) in [5.74, 6) is -0.859. The lowest BCUT2D eigenvalue weighted by atomic mass is 10.1. The molecule has 0 heterocycles. The number of aryl methyl sites for hydroxylation is 1. The normalized spacial score (nSPS) is 10.6. The van der Waals surface area contributed by atoms with E-state index in [4.69, 9.17) is 0 Å². The molecule has 1 N–H and O–H groups in total. The van der Waals surface area contributed by atoms with Crippen LogP contribution in [0.3, 0.4) is 0 Å². The second-order valence-electron chi connectivity index (χ2n) is 4.61. The molecule has 0 saturated carbocycles. The first-order chi connectivity index (χ1) is 7.97. The van der Waals surface area contributed by atoms with Crippen molar-refractivity contribution >= 4 is 11.7 Å². The van der Waals surface area contributed by atoms with E-state index in [1.165, 1.54) is 0 Å². The lowest BCUT2D eigenvalue weighted by Crippen LogP contribution is -2.32. The zero-order chi connectivity index (χ0) is 13.0. The summed E-state index contributed by atoms with van der Waals surface area (Å²) in [5, 5.41) is 9.23. The molecule has 94 valence electrons. The standard InChI is InChI=1S/C14H21NO2/c1-5-8-15(10(2)3)13-9-11(4)6-7-12(13)14(16)17/h6-7,9-10H,5,8H2,1-4H3,(H,16,17). The maximum atomic E-state index is 11.2. The highest BCUT2D eigenvalue weighted by atomic mass is 16.4. The van der Waals surface area contributed by atoms with Gasteiger partial charge < -0.3 is 10.0 Å². The van der Waals surface area contributed by atoms with E-state index in [9.17, 15) is 9.90 Å². The average Bonchev–Trinajstić information content (AvgIpc) is 2.24. The third kappa shape index (κ3) is 3.22. The van der Waals surface area contributed by atoms with Crippen molar-refractivity contribution in [1.29, 1.82) is 0 Å². The Hall–Kier alpha value is -1.51. The molecule has 0 aliphatic heterocycles. The van der Waals surface area contributed by atoms with Gasteiger partial charge in [0.15, 0.2) is 0 Å². The maximum absolute atomic E-state index is 11.2. The van der Waals surface area contributed by atoms with Gasteiger partial charge in [0.2, 0.25) is 0 Å². The van der Waals surface area contributed by atoms with Crippen molar-refractivity contribution in [2.45, 2.75) is 40.2 Å². The van der Waals surface area contributed by atoms with Crippen LogP contribution in [-0.2, 0) is 0 Å². The van der Waals surface area contributed by atoms with Crippen LogP contribution >= 0.6 is 0 Å². The summed E-state index contributed by atoms with van der Waals surface area (Å²) in [4.78, 5) is 13.4. The van der Waals surface area contributed by atoms with Gasteiger partial charge in [0.1, 0.15) is 0 Å². The second-order valence-corrected chi connectivity index (χ2v) is 4.61. The van der Waals surface area contributed by atoms with Gasteiger partial charge in [-0.3, -0.25) is 0 Å². The molecule has 0 spiro atoms. The molecule has 1 aromatic carbocycles. The third-order valence-corrected chi connectivity index (χ3v) is 2.78. The Morgan fingerprint density at radius 3 is 2.53 bits per heavy atom. The Morgan fingerprint density at radius 2 is 2.06 bits per heavy atom. The predicted octanol–water partition coefficient (Wildman–Crippen LogP) is 3.32. The molecule has 0 amide bonds. The van der Waals surface area contributed by atoms with Crippen LogP contribution in [-0.4, -0.2) is 23.7 Å². The van der Waals surface area contributed by atoms with Crippen LogP contribution in [0, 0.1) is 6.92 Å². The lowest BCUT2D eigenvalue weighted by Gasteiger charge is -2.30. The number of carboxylic acids is 1. The van der Waals surface area contributed by atoms with Crippen molar-refractivity contribution in [3.8, 4) is 0 Å². The zero-order valence-corrected chi connectivity index (χ0v) is 11.0. The van der Waals surface area contributed by atoms with Crippen molar-refractivity contribution in [3.05, 3.63) is 29.3 Å².